The number of fused-ring (bicyclic) bond motifs is 2. The molecule has 1 fully saturated rings. The van der Waals surface area contributed by atoms with Crippen molar-refractivity contribution in [3.05, 3.63) is 71.8 Å². The van der Waals surface area contributed by atoms with Gasteiger partial charge in [-0.25, -0.2) is 4.98 Å². The highest BCUT2D eigenvalue weighted by Crippen LogP contribution is 2.38. The van der Waals surface area contributed by atoms with Crippen molar-refractivity contribution in [2.75, 3.05) is 0 Å². The minimum Gasteiger partial charge on any atom is -0.289 e. The molecule has 0 aliphatic carbocycles. The summed E-state index contributed by atoms with van der Waals surface area (Å²) in [5.74, 6) is -0.340. The Morgan fingerprint density at radius 1 is 1.09 bits per heavy atom. The Morgan fingerprint density at radius 3 is 2.74 bits per heavy atom. The molecular weight excluding hydrogens is 287 g/mol. The summed E-state index contributed by atoms with van der Waals surface area (Å²) in [6, 6.07) is 15.2. The number of nitrogens with zero attached hydrogens (tertiary/aromatic N) is 2. The number of hydrogen-bond donors (Lipinski definition) is 0. The first-order valence-electron chi connectivity index (χ1n) is 8.42. The summed E-state index contributed by atoms with van der Waals surface area (Å²) in [5.41, 5.74) is 3.17. The topological polar surface area (TPSA) is 16.1 Å². The van der Waals surface area contributed by atoms with Gasteiger partial charge in [-0.15, -0.1) is 0 Å². The van der Waals surface area contributed by atoms with Crippen LogP contribution in [-0.2, 0) is 6.54 Å². The lowest BCUT2D eigenvalue weighted by Gasteiger charge is -2.45. The van der Waals surface area contributed by atoms with Crippen molar-refractivity contribution in [1.82, 2.24) is 9.88 Å². The SMILES string of the molecule is Fc1ncccc1C1=CC2CCCC(C1)N2Cc1ccccc1. The van der Waals surface area contributed by atoms with E-state index in [1.54, 1.807) is 0 Å². The van der Waals surface area contributed by atoms with Crippen LogP contribution in [0, 0.1) is 5.95 Å². The highest BCUT2D eigenvalue weighted by Gasteiger charge is 2.34. The Bertz CT molecular complexity index is 711. The highest BCUT2D eigenvalue weighted by molar-refractivity contribution is 5.67. The molecule has 2 aliphatic rings. The van der Waals surface area contributed by atoms with E-state index in [2.05, 4.69) is 46.3 Å². The molecule has 2 atom stereocenters. The van der Waals surface area contributed by atoms with Crippen LogP contribution in [0.1, 0.15) is 36.8 Å². The van der Waals surface area contributed by atoms with E-state index in [-0.39, 0.29) is 5.95 Å². The van der Waals surface area contributed by atoms with Crippen LogP contribution in [0.5, 0.6) is 0 Å². The largest absolute Gasteiger partial charge is 0.289 e. The molecule has 0 spiro atoms. The van der Waals surface area contributed by atoms with Gasteiger partial charge in [-0.05, 0) is 42.5 Å². The average Bonchev–Trinajstić information content (AvgIpc) is 2.56. The van der Waals surface area contributed by atoms with Crippen LogP contribution in [0.2, 0.25) is 0 Å². The van der Waals surface area contributed by atoms with Crippen LogP contribution >= 0.6 is 0 Å². The second-order valence-corrected chi connectivity index (χ2v) is 6.55. The van der Waals surface area contributed by atoms with Crippen LogP contribution < -0.4 is 0 Å². The Labute approximate surface area is 136 Å². The van der Waals surface area contributed by atoms with E-state index in [1.165, 1.54) is 24.6 Å². The maximum absolute atomic E-state index is 14.0. The third kappa shape index (κ3) is 2.93. The summed E-state index contributed by atoms with van der Waals surface area (Å²) in [7, 11) is 0. The molecule has 0 amide bonds. The highest BCUT2D eigenvalue weighted by atomic mass is 19.1. The summed E-state index contributed by atoms with van der Waals surface area (Å²) >= 11 is 0. The van der Waals surface area contributed by atoms with Gasteiger partial charge in [-0.1, -0.05) is 42.8 Å². The minimum atomic E-state index is -0.340. The van der Waals surface area contributed by atoms with Crippen LogP contribution in [0.3, 0.4) is 0 Å². The molecule has 1 aromatic carbocycles. The second-order valence-electron chi connectivity index (χ2n) is 6.55. The Balaban J connectivity index is 1.62. The Hall–Kier alpha value is -2.00. The number of rotatable bonds is 3. The van der Waals surface area contributed by atoms with Crippen molar-refractivity contribution in [1.29, 1.82) is 0 Å². The van der Waals surface area contributed by atoms with Crippen LogP contribution in [0.15, 0.2) is 54.7 Å². The van der Waals surface area contributed by atoms with Crippen molar-refractivity contribution >= 4 is 5.57 Å². The van der Waals surface area contributed by atoms with E-state index in [1.807, 2.05) is 12.1 Å². The van der Waals surface area contributed by atoms with Crippen LogP contribution in [0.4, 0.5) is 4.39 Å². The molecule has 0 saturated carbocycles. The van der Waals surface area contributed by atoms with E-state index < -0.39 is 0 Å². The van der Waals surface area contributed by atoms with Gasteiger partial charge in [0, 0.05) is 30.4 Å². The van der Waals surface area contributed by atoms with Gasteiger partial charge in [0.15, 0.2) is 0 Å². The number of hydrogen-bond acceptors (Lipinski definition) is 2. The molecule has 118 valence electrons. The smallest absolute Gasteiger partial charge is 0.220 e. The molecular formula is C20H21FN2. The van der Waals surface area contributed by atoms with Crippen LogP contribution in [0.25, 0.3) is 5.57 Å². The van der Waals surface area contributed by atoms with Crippen molar-refractivity contribution < 1.29 is 4.39 Å². The third-order valence-corrected chi connectivity index (χ3v) is 5.09. The molecule has 2 unspecified atom stereocenters. The van der Waals surface area contributed by atoms with E-state index in [4.69, 9.17) is 0 Å². The maximum Gasteiger partial charge on any atom is 0.220 e. The summed E-state index contributed by atoms with van der Waals surface area (Å²) in [6.07, 6.45) is 8.34. The quantitative estimate of drug-likeness (QED) is 0.780. The third-order valence-electron chi connectivity index (χ3n) is 5.09. The molecule has 23 heavy (non-hydrogen) atoms. The summed E-state index contributed by atoms with van der Waals surface area (Å²) in [6.45, 7) is 0.982. The van der Waals surface area contributed by atoms with E-state index in [0.29, 0.717) is 17.6 Å². The van der Waals surface area contributed by atoms with Crippen molar-refractivity contribution in [2.24, 2.45) is 0 Å². The molecule has 2 aromatic rings. The maximum atomic E-state index is 14.0. The molecule has 3 heteroatoms. The monoisotopic (exact) mass is 308 g/mol. The first kappa shape index (κ1) is 14.6. The van der Waals surface area contributed by atoms with Gasteiger partial charge >= 0.3 is 0 Å². The molecule has 2 bridgehead atoms. The first-order valence-corrected chi connectivity index (χ1v) is 8.42. The van der Waals surface area contributed by atoms with Gasteiger partial charge < -0.3 is 0 Å². The van der Waals surface area contributed by atoms with Gasteiger partial charge in [0.25, 0.3) is 0 Å². The first-order chi connectivity index (χ1) is 11.3. The number of benzene rings is 1. The van der Waals surface area contributed by atoms with Gasteiger partial charge in [0.1, 0.15) is 0 Å². The Morgan fingerprint density at radius 2 is 1.96 bits per heavy atom. The summed E-state index contributed by atoms with van der Waals surface area (Å²) < 4.78 is 14.0. The number of pyridine rings is 1. The van der Waals surface area contributed by atoms with Crippen molar-refractivity contribution in [3.8, 4) is 0 Å². The number of aromatic nitrogens is 1. The molecule has 1 saturated heterocycles. The summed E-state index contributed by atoms with van der Waals surface area (Å²) in [5, 5.41) is 0. The zero-order valence-electron chi connectivity index (χ0n) is 13.2. The molecule has 3 heterocycles. The van der Waals surface area contributed by atoms with Gasteiger partial charge in [-0.2, -0.15) is 4.39 Å². The second kappa shape index (κ2) is 6.25. The fourth-order valence-electron chi connectivity index (χ4n) is 3.98. The number of halogens is 1. The van der Waals surface area contributed by atoms with Crippen molar-refractivity contribution in [3.63, 3.8) is 0 Å². The minimum absolute atomic E-state index is 0.340. The lowest BCUT2D eigenvalue weighted by atomic mass is 9.82. The fourth-order valence-corrected chi connectivity index (χ4v) is 3.98. The molecule has 2 aliphatic heterocycles. The fraction of sp³-hybridized carbons (Fsp3) is 0.350. The standard InChI is InChI=1S/C20H21FN2/c21-20-19(10-5-11-22-20)16-12-17-8-4-9-18(13-16)23(17)14-15-6-2-1-3-7-15/h1-3,5-7,10-12,17-18H,4,8-9,13-14H2. The lowest BCUT2D eigenvalue weighted by Crippen LogP contribution is -2.47. The lowest BCUT2D eigenvalue weighted by molar-refractivity contribution is 0.0950. The van der Waals surface area contributed by atoms with E-state index >= 15 is 0 Å². The zero-order chi connectivity index (χ0) is 15.6. The normalized spacial score (nSPS) is 24.3. The molecule has 0 N–H and O–H groups in total. The summed E-state index contributed by atoms with van der Waals surface area (Å²) in [4.78, 5) is 6.41. The van der Waals surface area contributed by atoms with Crippen LogP contribution in [-0.4, -0.2) is 22.0 Å². The molecule has 0 radical (unpaired) electrons. The van der Waals surface area contributed by atoms with Gasteiger partial charge in [-0.3, -0.25) is 4.90 Å². The predicted molar refractivity (Wildman–Crippen MR) is 90.2 cm³/mol. The Kier molecular flexibility index (Phi) is 3.96. The molecule has 1 aromatic heterocycles. The number of piperidine rings is 1. The van der Waals surface area contributed by atoms with Crippen molar-refractivity contribution in [2.45, 2.75) is 44.3 Å². The zero-order valence-corrected chi connectivity index (χ0v) is 13.2. The average molecular weight is 308 g/mol. The van der Waals surface area contributed by atoms with E-state index in [0.717, 1.165) is 25.0 Å². The molecule has 2 nitrogen and oxygen atoms in total. The van der Waals surface area contributed by atoms with E-state index in [9.17, 15) is 4.39 Å². The van der Waals surface area contributed by atoms with Gasteiger partial charge in [0.2, 0.25) is 5.95 Å². The predicted octanol–water partition coefficient (Wildman–Crippen LogP) is 4.43. The van der Waals surface area contributed by atoms with Gasteiger partial charge in [0.05, 0.1) is 0 Å². The molecule has 4 rings (SSSR count).